The summed E-state index contributed by atoms with van der Waals surface area (Å²) in [5, 5.41) is 13.6. The molecular weight excluding hydrogens is 695 g/mol. The molecule has 3 N–H and O–H groups in total. The van der Waals surface area contributed by atoms with Crippen molar-refractivity contribution in [2.24, 2.45) is 10.1 Å². The maximum absolute atomic E-state index is 14.7. The van der Waals surface area contributed by atoms with E-state index in [0.717, 1.165) is 16.7 Å². The monoisotopic (exact) mass is 732 g/mol. The molecule has 0 radical (unpaired) electrons. The van der Waals surface area contributed by atoms with Gasteiger partial charge in [0.2, 0.25) is 5.90 Å². The van der Waals surface area contributed by atoms with Crippen molar-refractivity contribution in [1.82, 2.24) is 10.9 Å². The zero-order chi connectivity index (χ0) is 36.2. The molecule has 0 fully saturated rings. The van der Waals surface area contributed by atoms with Crippen LogP contribution in [0.25, 0.3) is 10.4 Å². The maximum Gasteiger partial charge on any atom is 0.266 e. The van der Waals surface area contributed by atoms with Gasteiger partial charge in [-0.05, 0) is 83.2 Å². The van der Waals surface area contributed by atoms with Gasteiger partial charge in [-0.25, -0.2) is 10.4 Å². The van der Waals surface area contributed by atoms with Crippen LogP contribution in [0.2, 0.25) is 10.0 Å². The Labute approximate surface area is 305 Å². The summed E-state index contributed by atoms with van der Waals surface area (Å²) in [6.45, 7) is 0.811. The lowest BCUT2D eigenvalue weighted by Crippen LogP contribution is -2.54. The molecule has 1 heterocycles. The Balaban J connectivity index is 1.54. The summed E-state index contributed by atoms with van der Waals surface area (Å²) >= 11 is 13.1. The second-order valence-electron chi connectivity index (χ2n) is 11.6. The van der Waals surface area contributed by atoms with E-state index in [9.17, 15) is 4.79 Å². The van der Waals surface area contributed by atoms with E-state index in [2.05, 4.69) is 20.9 Å². The molecule has 12 nitrogen and oxygen atoms in total. The first-order valence-corrected chi connectivity index (χ1v) is 16.9. The van der Waals surface area contributed by atoms with Crippen LogP contribution in [-0.2, 0) is 28.9 Å². The first-order valence-electron chi connectivity index (χ1n) is 16.2. The highest BCUT2D eigenvalue weighted by Gasteiger charge is 2.54. The van der Waals surface area contributed by atoms with Crippen molar-refractivity contribution in [1.29, 1.82) is 0 Å². The first kappa shape index (κ1) is 37.3. The lowest BCUT2D eigenvalue weighted by atomic mass is 9.81. The summed E-state index contributed by atoms with van der Waals surface area (Å²) in [6.07, 6.45) is 0.0792. The predicted molar refractivity (Wildman–Crippen MR) is 196 cm³/mol. The van der Waals surface area contributed by atoms with E-state index in [1.54, 1.807) is 56.7 Å². The van der Waals surface area contributed by atoms with Gasteiger partial charge in [-0.2, -0.15) is 0 Å². The van der Waals surface area contributed by atoms with E-state index in [1.807, 2.05) is 42.5 Å². The van der Waals surface area contributed by atoms with E-state index in [4.69, 9.17) is 57.8 Å². The molecule has 266 valence electrons. The topological polar surface area (TPSA) is 159 Å². The SMILES string of the molecule is COc1ccc(OC)c(CCNNC(=O)[C@@]2(Cc3ccccc3CN=[N+]=[N-])N=C(c3ccc(OCCCO)cc3)O[C@H]2c2ccc(Cl)cc2Cl)c1. The maximum atomic E-state index is 14.7. The highest BCUT2D eigenvalue weighted by molar-refractivity contribution is 6.35. The second kappa shape index (κ2) is 17.8. The molecule has 1 amide bonds. The quantitative estimate of drug-likeness (QED) is 0.0348. The number of azide groups is 1. The molecule has 4 aromatic carbocycles. The fourth-order valence-electron chi connectivity index (χ4n) is 5.78. The van der Waals surface area contributed by atoms with Crippen LogP contribution in [0.15, 0.2) is 95.0 Å². The predicted octanol–water partition coefficient (Wildman–Crippen LogP) is 6.95. The van der Waals surface area contributed by atoms with E-state index in [-0.39, 0.29) is 25.5 Å². The summed E-state index contributed by atoms with van der Waals surface area (Å²) in [5.41, 5.74) is 16.9. The van der Waals surface area contributed by atoms with Gasteiger partial charge >= 0.3 is 0 Å². The van der Waals surface area contributed by atoms with Crippen molar-refractivity contribution in [3.05, 3.63) is 133 Å². The highest BCUT2D eigenvalue weighted by Crippen LogP contribution is 2.45. The van der Waals surface area contributed by atoms with Crippen LogP contribution in [0.5, 0.6) is 17.2 Å². The normalized spacial score (nSPS) is 16.4. The summed E-state index contributed by atoms with van der Waals surface area (Å²) in [5.74, 6) is 1.73. The van der Waals surface area contributed by atoms with Crippen molar-refractivity contribution in [3.63, 3.8) is 0 Å². The fraction of sp³-hybridized carbons (Fsp3) is 0.297. The number of aliphatic imine (C=N–C) groups is 1. The second-order valence-corrected chi connectivity index (χ2v) is 12.4. The summed E-state index contributed by atoms with van der Waals surface area (Å²) in [4.78, 5) is 22.7. The van der Waals surface area contributed by atoms with Crippen molar-refractivity contribution in [3.8, 4) is 17.2 Å². The summed E-state index contributed by atoms with van der Waals surface area (Å²) < 4.78 is 23.2. The van der Waals surface area contributed by atoms with Crippen molar-refractivity contribution in [2.75, 3.05) is 34.0 Å². The minimum Gasteiger partial charge on any atom is -0.497 e. The van der Waals surface area contributed by atoms with E-state index in [1.165, 1.54) is 0 Å². The molecule has 1 aliphatic heterocycles. The van der Waals surface area contributed by atoms with Crippen LogP contribution >= 0.6 is 23.2 Å². The van der Waals surface area contributed by atoms with Gasteiger partial charge in [0.05, 0.1) is 27.4 Å². The van der Waals surface area contributed by atoms with Crippen LogP contribution in [0.4, 0.5) is 0 Å². The Morgan fingerprint density at radius 1 is 1.00 bits per heavy atom. The highest BCUT2D eigenvalue weighted by atomic mass is 35.5. The zero-order valence-corrected chi connectivity index (χ0v) is 29.7. The van der Waals surface area contributed by atoms with Gasteiger partial charge in [-0.3, -0.25) is 10.2 Å². The van der Waals surface area contributed by atoms with Gasteiger partial charge < -0.3 is 24.1 Å². The number of aliphatic hydroxyl groups excluding tert-OH is 1. The third-order valence-corrected chi connectivity index (χ3v) is 8.93. The Hall–Kier alpha value is -4.97. The molecule has 0 aliphatic carbocycles. The fourth-order valence-corrected chi connectivity index (χ4v) is 6.29. The van der Waals surface area contributed by atoms with Gasteiger partial charge in [0.1, 0.15) is 17.2 Å². The molecule has 5 rings (SSSR count). The van der Waals surface area contributed by atoms with Gasteiger partial charge in [-0.1, -0.05) is 58.6 Å². The van der Waals surface area contributed by atoms with Gasteiger partial charge in [0.15, 0.2) is 11.6 Å². The Bertz CT molecular complexity index is 1900. The van der Waals surface area contributed by atoms with Crippen molar-refractivity contribution in [2.45, 2.75) is 37.5 Å². The third-order valence-electron chi connectivity index (χ3n) is 8.37. The van der Waals surface area contributed by atoms with Crippen LogP contribution < -0.4 is 25.1 Å². The Morgan fingerprint density at radius 2 is 1.76 bits per heavy atom. The summed E-state index contributed by atoms with van der Waals surface area (Å²) in [6, 6.07) is 25.0. The molecule has 0 saturated carbocycles. The number of carbonyl (C=O) groups is 1. The van der Waals surface area contributed by atoms with E-state index >= 15 is 0 Å². The average Bonchev–Trinajstić information content (AvgIpc) is 3.53. The molecule has 14 heteroatoms. The molecule has 0 unspecified atom stereocenters. The standard InChI is InChI=1S/C37H38Cl2N6O6/c1-48-30-13-15-33(49-2)25(20-30)16-17-41-44-36(47)37(22-26-6-3-4-7-27(26)23-42-45-40)34(31-14-10-28(38)21-32(31)39)51-35(43-37)24-8-11-29(12-9-24)50-19-5-18-46/h3-4,6-15,20-21,34,41,46H,5,16-19,22-23H2,1-2H3,(H,44,47)/t34-,37-/m0/s1. The number of amides is 1. The number of halogens is 2. The zero-order valence-electron chi connectivity index (χ0n) is 28.1. The summed E-state index contributed by atoms with van der Waals surface area (Å²) in [7, 11) is 3.19. The van der Waals surface area contributed by atoms with Crippen molar-refractivity contribution >= 4 is 35.0 Å². The van der Waals surface area contributed by atoms with Gasteiger partial charge in [0.25, 0.3) is 5.91 Å². The lowest BCUT2D eigenvalue weighted by Gasteiger charge is -2.32. The number of nitrogens with one attached hydrogen (secondary N) is 2. The number of carbonyl (C=O) groups excluding carboxylic acids is 1. The minimum absolute atomic E-state index is 0.0254. The molecule has 1 aliphatic rings. The number of rotatable bonds is 17. The molecule has 0 spiro atoms. The van der Waals surface area contributed by atoms with Gasteiger partial charge in [0, 0.05) is 52.1 Å². The average molecular weight is 734 g/mol. The van der Waals surface area contributed by atoms with Crippen LogP contribution in [0.1, 0.15) is 40.3 Å². The number of hydrogen-bond acceptors (Lipinski definition) is 9. The van der Waals surface area contributed by atoms with Crippen LogP contribution in [0, 0.1) is 0 Å². The number of nitrogens with zero attached hydrogens (tertiary/aromatic N) is 4. The number of aliphatic hydroxyl groups is 1. The molecule has 0 bridgehead atoms. The number of hydrogen-bond donors (Lipinski definition) is 3. The Kier molecular flexibility index (Phi) is 13.0. The molecular formula is C37H38Cl2N6O6. The van der Waals surface area contributed by atoms with Gasteiger partial charge in [-0.15, -0.1) is 0 Å². The Morgan fingerprint density at radius 3 is 2.47 bits per heavy atom. The number of hydrazine groups is 1. The number of ether oxygens (including phenoxy) is 4. The molecule has 2 atom stereocenters. The number of benzene rings is 4. The molecule has 4 aromatic rings. The largest absolute Gasteiger partial charge is 0.497 e. The third kappa shape index (κ3) is 9.04. The minimum atomic E-state index is -1.60. The number of methoxy groups -OCH3 is 2. The lowest BCUT2D eigenvalue weighted by molar-refractivity contribution is -0.130. The van der Waals surface area contributed by atoms with E-state index < -0.39 is 17.6 Å². The van der Waals surface area contributed by atoms with Crippen LogP contribution in [0.3, 0.4) is 0 Å². The van der Waals surface area contributed by atoms with E-state index in [0.29, 0.717) is 64.4 Å². The molecule has 0 aromatic heterocycles. The van der Waals surface area contributed by atoms with Crippen LogP contribution in [-0.4, -0.2) is 56.4 Å². The molecule has 0 saturated heterocycles. The first-order chi connectivity index (χ1) is 24.8. The smallest absolute Gasteiger partial charge is 0.266 e. The molecule has 51 heavy (non-hydrogen) atoms. The van der Waals surface area contributed by atoms with Crippen molar-refractivity contribution < 1.29 is 28.8 Å².